The normalized spacial score (nSPS) is 14.7. The summed E-state index contributed by atoms with van der Waals surface area (Å²) in [5, 5.41) is 25.3. The second-order valence-corrected chi connectivity index (χ2v) is 6.64. The summed E-state index contributed by atoms with van der Waals surface area (Å²) in [6, 6.07) is 13.4. The SMILES string of the molecule is Cl.Cl.Oc1ccc(C2=NCCN2)cc1-n1cc(-c2ccc(C3=NCCN3)cc2)nn1. The van der Waals surface area contributed by atoms with Gasteiger partial charge in [-0.1, -0.05) is 29.5 Å². The minimum atomic E-state index is 0. The fourth-order valence-corrected chi connectivity index (χ4v) is 3.35. The van der Waals surface area contributed by atoms with Crippen molar-refractivity contribution in [1.82, 2.24) is 25.6 Å². The van der Waals surface area contributed by atoms with Crippen LogP contribution in [-0.2, 0) is 0 Å². The van der Waals surface area contributed by atoms with E-state index in [9.17, 15) is 5.11 Å². The Hall–Kier alpha value is -3.10. The lowest BCUT2D eigenvalue weighted by molar-refractivity contribution is 0.469. The lowest BCUT2D eigenvalue weighted by Gasteiger charge is -2.07. The molecule has 2 aliphatic rings. The number of benzene rings is 2. The molecule has 0 aliphatic carbocycles. The molecule has 0 saturated carbocycles. The molecule has 0 bridgehead atoms. The molecular formula is C20H21Cl2N7O. The van der Waals surface area contributed by atoms with Crippen molar-refractivity contribution in [2.24, 2.45) is 9.98 Å². The molecule has 8 nitrogen and oxygen atoms in total. The fourth-order valence-electron chi connectivity index (χ4n) is 3.35. The van der Waals surface area contributed by atoms with Crippen molar-refractivity contribution in [1.29, 1.82) is 0 Å². The van der Waals surface area contributed by atoms with Gasteiger partial charge in [0.2, 0.25) is 0 Å². The first-order valence-electron chi connectivity index (χ1n) is 9.21. The van der Waals surface area contributed by atoms with Crippen molar-refractivity contribution in [3.63, 3.8) is 0 Å². The average molecular weight is 446 g/mol. The summed E-state index contributed by atoms with van der Waals surface area (Å²) in [5.41, 5.74) is 4.22. The van der Waals surface area contributed by atoms with E-state index in [1.165, 1.54) is 0 Å². The van der Waals surface area contributed by atoms with Gasteiger partial charge >= 0.3 is 0 Å². The van der Waals surface area contributed by atoms with Crippen LogP contribution in [0.4, 0.5) is 0 Å². The Labute approximate surface area is 186 Å². The third-order valence-electron chi connectivity index (χ3n) is 4.79. The van der Waals surface area contributed by atoms with Gasteiger partial charge in [-0.25, -0.2) is 4.68 Å². The van der Waals surface area contributed by atoms with Crippen LogP contribution in [0.5, 0.6) is 5.75 Å². The summed E-state index contributed by atoms with van der Waals surface area (Å²) in [4.78, 5) is 8.86. The van der Waals surface area contributed by atoms with Crippen LogP contribution in [0.3, 0.4) is 0 Å². The number of rotatable bonds is 4. The molecule has 3 heterocycles. The second kappa shape index (κ2) is 9.15. The maximum Gasteiger partial charge on any atom is 0.141 e. The van der Waals surface area contributed by atoms with Gasteiger partial charge < -0.3 is 15.7 Å². The molecule has 0 saturated heterocycles. The number of halogens is 2. The number of hydrogen-bond acceptors (Lipinski definition) is 7. The maximum absolute atomic E-state index is 10.3. The highest BCUT2D eigenvalue weighted by molar-refractivity contribution is 6.00. The van der Waals surface area contributed by atoms with E-state index < -0.39 is 0 Å². The van der Waals surface area contributed by atoms with E-state index in [1.54, 1.807) is 10.7 Å². The molecule has 0 fully saturated rings. The molecular weight excluding hydrogens is 425 g/mol. The van der Waals surface area contributed by atoms with Crippen LogP contribution in [0.15, 0.2) is 58.6 Å². The first kappa shape index (κ1) is 21.6. The molecule has 2 aromatic carbocycles. The molecule has 5 rings (SSSR count). The highest BCUT2D eigenvalue weighted by Crippen LogP contribution is 2.25. The number of aromatic nitrogens is 3. The third-order valence-corrected chi connectivity index (χ3v) is 4.79. The minimum absolute atomic E-state index is 0. The van der Waals surface area contributed by atoms with E-state index in [4.69, 9.17) is 0 Å². The Morgan fingerprint density at radius 1 is 0.800 bits per heavy atom. The first-order chi connectivity index (χ1) is 13.8. The van der Waals surface area contributed by atoms with Gasteiger partial charge in [0.15, 0.2) is 0 Å². The van der Waals surface area contributed by atoms with E-state index in [1.807, 2.05) is 42.6 Å². The number of nitrogens with one attached hydrogen (secondary N) is 2. The van der Waals surface area contributed by atoms with Crippen LogP contribution in [0.2, 0.25) is 0 Å². The van der Waals surface area contributed by atoms with Crippen LogP contribution >= 0.6 is 24.8 Å². The molecule has 0 amide bonds. The summed E-state index contributed by atoms with van der Waals surface area (Å²) in [6.45, 7) is 3.29. The summed E-state index contributed by atoms with van der Waals surface area (Å²) in [6.07, 6.45) is 1.81. The molecule has 1 aromatic heterocycles. The van der Waals surface area contributed by atoms with Gasteiger partial charge in [-0.3, -0.25) is 9.98 Å². The molecule has 3 N–H and O–H groups in total. The summed E-state index contributed by atoms with van der Waals surface area (Å²) in [5.74, 6) is 1.90. The predicted molar refractivity (Wildman–Crippen MR) is 122 cm³/mol. The first-order valence-corrected chi connectivity index (χ1v) is 9.21. The maximum atomic E-state index is 10.3. The quantitative estimate of drug-likeness (QED) is 0.571. The van der Waals surface area contributed by atoms with E-state index in [0.29, 0.717) is 5.69 Å². The standard InChI is InChI=1S/C20H19N7O.2ClH/c28-18-6-5-15(20-23-9-10-24-20)11-17(18)27-12-16(25-26-27)13-1-3-14(4-2-13)19-21-7-8-22-19;;/h1-6,11-12,28H,7-10H2,(H,21,22)(H,23,24);2*1H. The smallest absolute Gasteiger partial charge is 0.141 e. The van der Waals surface area contributed by atoms with Gasteiger partial charge in [-0.2, -0.15) is 0 Å². The van der Waals surface area contributed by atoms with Gasteiger partial charge in [-0.05, 0) is 18.2 Å². The van der Waals surface area contributed by atoms with Crippen LogP contribution in [0.25, 0.3) is 16.9 Å². The molecule has 0 atom stereocenters. The number of phenolic OH excluding ortho intramolecular Hbond substituents is 1. The molecule has 3 aromatic rings. The van der Waals surface area contributed by atoms with Gasteiger partial charge in [0.05, 0.1) is 19.3 Å². The Morgan fingerprint density at radius 2 is 1.40 bits per heavy atom. The molecule has 2 aliphatic heterocycles. The molecule has 0 spiro atoms. The average Bonchev–Trinajstić information content (AvgIpc) is 3.51. The van der Waals surface area contributed by atoms with Crippen molar-refractivity contribution in [3.05, 3.63) is 59.8 Å². The fraction of sp³-hybridized carbons (Fsp3) is 0.200. The van der Waals surface area contributed by atoms with E-state index in [2.05, 4.69) is 30.9 Å². The lowest BCUT2D eigenvalue weighted by atomic mass is 10.1. The van der Waals surface area contributed by atoms with Gasteiger partial charge in [0, 0.05) is 29.8 Å². The Balaban J connectivity index is 0.00000128. The lowest BCUT2D eigenvalue weighted by Crippen LogP contribution is -2.19. The molecule has 156 valence electrons. The molecule has 0 unspecified atom stereocenters. The zero-order valence-electron chi connectivity index (χ0n) is 15.9. The number of aliphatic imine (C=N–C) groups is 2. The second-order valence-electron chi connectivity index (χ2n) is 6.64. The zero-order chi connectivity index (χ0) is 18.9. The van der Waals surface area contributed by atoms with Gasteiger partial charge in [0.1, 0.15) is 28.8 Å². The van der Waals surface area contributed by atoms with Crippen LogP contribution < -0.4 is 10.6 Å². The van der Waals surface area contributed by atoms with Gasteiger partial charge in [0.25, 0.3) is 0 Å². The molecule has 0 radical (unpaired) electrons. The largest absolute Gasteiger partial charge is 0.506 e. The number of aromatic hydroxyl groups is 1. The van der Waals surface area contributed by atoms with E-state index in [0.717, 1.165) is 60.2 Å². The zero-order valence-corrected chi connectivity index (χ0v) is 17.6. The van der Waals surface area contributed by atoms with Crippen molar-refractivity contribution >= 4 is 36.5 Å². The van der Waals surface area contributed by atoms with Crippen LogP contribution in [0, 0.1) is 0 Å². The number of nitrogens with zero attached hydrogens (tertiary/aromatic N) is 5. The minimum Gasteiger partial charge on any atom is -0.506 e. The molecule has 10 heteroatoms. The van der Waals surface area contributed by atoms with Crippen LogP contribution in [0.1, 0.15) is 11.1 Å². The van der Waals surface area contributed by atoms with Crippen molar-refractivity contribution in [2.75, 3.05) is 26.2 Å². The highest BCUT2D eigenvalue weighted by Gasteiger charge is 2.14. The van der Waals surface area contributed by atoms with Crippen molar-refractivity contribution < 1.29 is 5.11 Å². The molecule has 30 heavy (non-hydrogen) atoms. The summed E-state index contributed by atoms with van der Waals surface area (Å²) in [7, 11) is 0. The van der Waals surface area contributed by atoms with E-state index >= 15 is 0 Å². The van der Waals surface area contributed by atoms with Crippen LogP contribution in [-0.4, -0.2) is 58.0 Å². The monoisotopic (exact) mass is 445 g/mol. The summed E-state index contributed by atoms with van der Waals surface area (Å²) >= 11 is 0. The third kappa shape index (κ3) is 4.10. The number of hydrogen-bond donors (Lipinski definition) is 3. The van der Waals surface area contributed by atoms with Gasteiger partial charge in [-0.15, -0.1) is 29.9 Å². The van der Waals surface area contributed by atoms with E-state index in [-0.39, 0.29) is 30.6 Å². The predicted octanol–water partition coefficient (Wildman–Crippen LogP) is 2.18. The Morgan fingerprint density at radius 3 is 2.03 bits per heavy atom. The Bertz CT molecular complexity index is 1090. The number of amidine groups is 2. The highest BCUT2D eigenvalue weighted by atomic mass is 35.5. The Kier molecular flexibility index (Phi) is 6.59. The van der Waals surface area contributed by atoms with Crippen molar-refractivity contribution in [2.45, 2.75) is 0 Å². The van der Waals surface area contributed by atoms with Crippen molar-refractivity contribution in [3.8, 4) is 22.7 Å². The topological polar surface area (TPSA) is 99.7 Å². The summed E-state index contributed by atoms with van der Waals surface area (Å²) < 4.78 is 1.58. The number of phenols is 1.